The van der Waals surface area contributed by atoms with Crippen molar-refractivity contribution in [2.75, 3.05) is 19.7 Å². The Morgan fingerprint density at radius 1 is 1.39 bits per heavy atom. The van der Waals surface area contributed by atoms with Crippen LogP contribution in [0.5, 0.6) is 0 Å². The molecule has 1 aromatic carbocycles. The molecule has 4 nitrogen and oxygen atoms in total. The number of aryl methyl sites for hydroxylation is 1. The van der Waals surface area contributed by atoms with E-state index in [0.717, 1.165) is 4.90 Å². The number of ether oxygens (including phenoxy) is 1. The summed E-state index contributed by atoms with van der Waals surface area (Å²) in [4.78, 5) is 16.3. The van der Waals surface area contributed by atoms with Crippen molar-refractivity contribution in [2.45, 2.75) is 19.2 Å². The summed E-state index contributed by atoms with van der Waals surface area (Å²) in [5, 5.41) is 0.536. The number of alkyl halides is 3. The molecule has 1 aliphatic heterocycles. The van der Waals surface area contributed by atoms with Gasteiger partial charge in [-0.15, -0.1) is 0 Å². The fraction of sp³-hybridized carbons (Fsp3) is 0.400. The van der Waals surface area contributed by atoms with Gasteiger partial charge in [0.2, 0.25) is 0 Å². The molecule has 1 aromatic heterocycles. The van der Waals surface area contributed by atoms with Gasteiger partial charge in [-0.1, -0.05) is 12.1 Å². The number of carbonyl (C=O) groups excluding carboxylic acids is 1. The molecule has 0 aliphatic carbocycles. The molecule has 1 aliphatic rings. The van der Waals surface area contributed by atoms with Crippen molar-refractivity contribution in [3.63, 3.8) is 0 Å². The first-order valence-corrected chi connectivity index (χ1v) is 7.03. The zero-order chi connectivity index (χ0) is 16.8. The Balaban J connectivity index is 1.91. The van der Waals surface area contributed by atoms with E-state index < -0.39 is 30.5 Å². The number of rotatable bonds is 1. The molecule has 124 valence electrons. The molecular formula is C15H14F4N2O2. The van der Waals surface area contributed by atoms with E-state index in [2.05, 4.69) is 9.72 Å². The monoisotopic (exact) mass is 330 g/mol. The number of aromatic nitrogens is 1. The lowest BCUT2D eigenvalue weighted by Crippen LogP contribution is -2.51. The van der Waals surface area contributed by atoms with Gasteiger partial charge in [0, 0.05) is 11.9 Å². The van der Waals surface area contributed by atoms with Crippen LogP contribution >= 0.6 is 0 Å². The van der Waals surface area contributed by atoms with E-state index in [1.165, 1.54) is 12.1 Å². The first-order chi connectivity index (χ1) is 10.8. The summed E-state index contributed by atoms with van der Waals surface area (Å²) >= 11 is 0. The number of H-pyrrole nitrogens is 1. The Kier molecular flexibility index (Phi) is 3.79. The van der Waals surface area contributed by atoms with E-state index >= 15 is 0 Å². The number of fused-ring (bicyclic) bond motifs is 1. The number of nitrogens with zero attached hydrogens (tertiary/aromatic N) is 1. The Morgan fingerprint density at radius 3 is 2.78 bits per heavy atom. The van der Waals surface area contributed by atoms with Gasteiger partial charge >= 0.3 is 6.18 Å². The van der Waals surface area contributed by atoms with Crippen molar-refractivity contribution in [1.29, 1.82) is 0 Å². The van der Waals surface area contributed by atoms with Crippen LogP contribution in [0.4, 0.5) is 17.6 Å². The van der Waals surface area contributed by atoms with Crippen molar-refractivity contribution in [3.05, 3.63) is 35.3 Å². The van der Waals surface area contributed by atoms with Crippen LogP contribution in [0.1, 0.15) is 16.1 Å². The van der Waals surface area contributed by atoms with Crippen molar-refractivity contribution in [1.82, 2.24) is 9.88 Å². The number of amides is 1. The van der Waals surface area contributed by atoms with E-state index in [9.17, 15) is 22.4 Å². The smallest absolute Gasteiger partial charge is 0.365 e. The summed E-state index contributed by atoms with van der Waals surface area (Å²) < 4.78 is 56.7. The minimum Gasteiger partial charge on any atom is -0.365 e. The fourth-order valence-corrected chi connectivity index (χ4v) is 2.72. The minimum absolute atomic E-state index is 0.0582. The van der Waals surface area contributed by atoms with Crippen LogP contribution in [0.15, 0.2) is 18.2 Å². The summed E-state index contributed by atoms with van der Waals surface area (Å²) in [5.74, 6) is -1.10. The maximum absolute atomic E-state index is 13.8. The highest BCUT2D eigenvalue weighted by Gasteiger charge is 2.44. The summed E-state index contributed by atoms with van der Waals surface area (Å²) in [5.41, 5.74) is 0.793. The number of hydrogen-bond donors (Lipinski definition) is 1. The lowest BCUT2D eigenvalue weighted by molar-refractivity contribution is -0.233. The van der Waals surface area contributed by atoms with Gasteiger partial charge in [-0.05, 0) is 18.6 Å². The Labute approximate surface area is 129 Å². The van der Waals surface area contributed by atoms with E-state index in [1.54, 1.807) is 13.0 Å². The zero-order valence-corrected chi connectivity index (χ0v) is 12.2. The molecule has 2 aromatic rings. The predicted octanol–water partition coefficient (Wildman–Crippen LogP) is 3.02. The van der Waals surface area contributed by atoms with Gasteiger partial charge < -0.3 is 14.6 Å². The molecular weight excluding hydrogens is 316 g/mol. The maximum atomic E-state index is 13.8. The number of hydrogen-bond acceptors (Lipinski definition) is 2. The molecule has 0 radical (unpaired) electrons. The second-order valence-corrected chi connectivity index (χ2v) is 5.44. The van der Waals surface area contributed by atoms with E-state index in [1.807, 2.05) is 0 Å². The molecule has 1 atom stereocenters. The fourth-order valence-electron chi connectivity index (χ4n) is 2.72. The van der Waals surface area contributed by atoms with Gasteiger partial charge in [-0.2, -0.15) is 13.2 Å². The van der Waals surface area contributed by atoms with E-state index in [0.29, 0.717) is 10.9 Å². The van der Waals surface area contributed by atoms with Crippen molar-refractivity contribution in [3.8, 4) is 0 Å². The Bertz CT molecular complexity index is 754. The standard InChI is InChI=1S/C15H14F4N2O2/c1-8-9-3-2-4-10(16)13(9)20-12(8)14(22)21-5-6-23-11(7-21)15(17,18)19/h2-4,11,20H,5-7H2,1H3/t11-/m0/s1. The Morgan fingerprint density at radius 2 is 2.13 bits per heavy atom. The quantitative estimate of drug-likeness (QED) is 0.817. The SMILES string of the molecule is Cc1c(C(=O)N2CCO[C@H](C(F)(F)F)C2)[nH]c2c(F)cccc12. The van der Waals surface area contributed by atoms with Crippen LogP contribution in [-0.2, 0) is 4.74 Å². The number of para-hydroxylation sites is 1. The molecule has 3 rings (SSSR count). The molecule has 23 heavy (non-hydrogen) atoms. The number of nitrogens with one attached hydrogen (secondary N) is 1. The van der Waals surface area contributed by atoms with E-state index in [-0.39, 0.29) is 24.4 Å². The summed E-state index contributed by atoms with van der Waals surface area (Å²) in [6.07, 6.45) is -6.53. The summed E-state index contributed by atoms with van der Waals surface area (Å²) in [7, 11) is 0. The van der Waals surface area contributed by atoms with Crippen LogP contribution in [0.25, 0.3) is 10.9 Å². The molecule has 1 saturated heterocycles. The molecule has 0 saturated carbocycles. The topological polar surface area (TPSA) is 45.3 Å². The van der Waals surface area contributed by atoms with Crippen molar-refractivity contribution in [2.24, 2.45) is 0 Å². The van der Waals surface area contributed by atoms with Crippen LogP contribution in [0.3, 0.4) is 0 Å². The Hall–Kier alpha value is -2.09. The minimum atomic E-state index is -4.53. The lowest BCUT2D eigenvalue weighted by Gasteiger charge is -2.33. The number of halogens is 4. The molecule has 0 spiro atoms. The van der Waals surface area contributed by atoms with Gasteiger partial charge in [0.1, 0.15) is 11.5 Å². The summed E-state index contributed by atoms with van der Waals surface area (Å²) in [6.45, 7) is 0.930. The predicted molar refractivity (Wildman–Crippen MR) is 74.7 cm³/mol. The first kappa shape index (κ1) is 15.8. The molecule has 8 heteroatoms. The van der Waals surface area contributed by atoms with E-state index in [4.69, 9.17) is 0 Å². The average molecular weight is 330 g/mol. The van der Waals surface area contributed by atoms with Gasteiger partial charge in [-0.3, -0.25) is 4.79 Å². The third-order valence-corrected chi connectivity index (χ3v) is 3.98. The highest BCUT2D eigenvalue weighted by molar-refractivity contribution is 6.01. The molecule has 0 bridgehead atoms. The van der Waals surface area contributed by atoms with Crippen LogP contribution in [0.2, 0.25) is 0 Å². The lowest BCUT2D eigenvalue weighted by atomic mass is 10.1. The second-order valence-electron chi connectivity index (χ2n) is 5.44. The number of aromatic amines is 1. The van der Waals surface area contributed by atoms with Crippen molar-refractivity contribution < 1.29 is 27.1 Å². The van der Waals surface area contributed by atoms with Crippen molar-refractivity contribution >= 4 is 16.8 Å². The maximum Gasteiger partial charge on any atom is 0.416 e. The number of benzene rings is 1. The van der Waals surface area contributed by atoms with Crippen LogP contribution < -0.4 is 0 Å². The van der Waals surface area contributed by atoms with Gasteiger partial charge in [-0.25, -0.2) is 4.39 Å². The van der Waals surface area contributed by atoms with Gasteiger partial charge in [0.25, 0.3) is 5.91 Å². The molecule has 1 fully saturated rings. The normalized spacial score (nSPS) is 19.3. The number of carbonyl (C=O) groups is 1. The van der Waals surface area contributed by atoms with Gasteiger partial charge in [0.05, 0.1) is 18.7 Å². The first-order valence-electron chi connectivity index (χ1n) is 7.03. The summed E-state index contributed by atoms with van der Waals surface area (Å²) in [6, 6.07) is 4.42. The second kappa shape index (κ2) is 5.52. The zero-order valence-electron chi connectivity index (χ0n) is 12.2. The number of morpholine rings is 1. The van der Waals surface area contributed by atoms with Crippen LogP contribution in [-0.4, -0.2) is 47.8 Å². The third kappa shape index (κ3) is 2.78. The van der Waals surface area contributed by atoms with Crippen LogP contribution in [0, 0.1) is 12.7 Å². The third-order valence-electron chi connectivity index (χ3n) is 3.98. The molecule has 1 amide bonds. The highest BCUT2D eigenvalue weighted by Crippen LogP contribution is 2.28. The molecule has 1 N–H and O–H groups in total. The molecule has 2 heterocycles. The molecule has 0 unspecified atom stereocenters. The largest absolute Gasteiger partial charge is 0.416 e. The average Bonchev–Trinajstić information content (AvgIpc) is 2.85. The van der Waals surface area contributed by atoms with Gasteiger partial charge in [0.15, 0.2) is 6.10 Å². The highest BCUT2D eigenvalue weighted by atomic mass is 19.4.